The normalized spacial score (nSPS) is 15.3. The van der Waals surface area contributed by atoms with Crippen LogP contribution < -0.4 is 10.1 Å². The maximum absolute atomic E-state index is 12.1. The van der Waals surface area contributed by atoms with E-state index in [1.165, 1.54) is 0 Å². The zero-order chi connectivity index (χ0) is 16.2. The number of nitrogens with zero attached hydrogens (tertiary/aromatic N) is 3. The molecule has 6 nitrogen and oxygen atoms in total. The van der Waals surface area contributed by atoms with Crippen LogP contribution >= 0.6 is 0 Å². The molecule has 0 unspecified atom stereocenters. The lowest BCUT2D eigenvalue weighted by Crippen LogP contribution is -2.46. The number of pyridine rings is 1. The van der Waals surface area contributed by atoms with Crippen molar-refractivity contribution < 1.29 is 9.53 Å². The Morgan fingerprint density at radius 3 is 2.91 bits per heavy atom. The zero-order valence-electron chi connectivity index (χ0n) is 13.8. The highest BCUT2D eigenvalue weighted by molar-refractivity contribution is 5.76. The van der Waals surface area contributed by atoms with Gasteiger partial charge in [0.15, 0.2) is 11.4 Å². The van der Waals surface area contributed by atoms with Crippen LogP contribution in [0.1, 0.15) is 31.9 Å². The van der Waals surface area contributed by atoms with Gasteiger partial charge in [0.1, 0.15) is 0 Å². The third-order valence-corrected chi connectivity index (χ3v) is 4.10. The van der Waals surface area contributed by atoms with Gasteiger partial charge in [-0.15, -0.1) is 0 Å². The summed E-state index contributed by atoms with van der Waals surface area (Å²) < 4.78 is 7.80. The largest absolute Gasteiger partial charge is 0.489 e. The molecule has 124 valence electrons. The van der Waals surface area contributed by atoms with Crippen molar-refractivity contribution >= 4 is 11.6 Å². The molecule has 0 aliphatic carbocycles. The minimum atomic E-state index is 0.157. The number of nitrogens with one attached hydrogen (secondary N) is 1. The molecule has 1 fully saturated rings. The summed E-state index contributed by atoms with van der Waals surface area (Å²) in [6.07, 6.45) is 4.39. The zero-order valence-corrected chi connectivity index (χ0v) is 13.8. The summed E-state index contributed by atoms with van der Waals surface area (Å²) in [7, 11) is 0. The lowest BCUT2D eigenvalue weighted by molar-refractivity contribution is -0.132. The number of rotatable bonds is 5. The van der Waals surface area contributed by atoms with Gasteiger partial charge in [-0.1, -0.05) is 13.8 Å². The summed E-state index contributed by atoms with van der Waals surface area (Å²) in [5, 5.41) is 3.25. The van der Waals surface area contributed by atoms with Gasteiger partial charge in [-0.05, 0) is 18.1 Å². The summed E-state index contributed by atoms with van der Waals surface area (Å²) in [4.78, 5) is 18.7. The fraction of sp³-hybridized carbons (Fsp3) is 0.529. The number of ether oxygens (including phenoxy) is 1. The first kappa shape index (κ1) is 15.8. The predicted octanol–water partition coefficient (Wildman–Crippen LogP) is 1.66. The molecule has 1 saturated heterocycles. The van der Waals surface area contributed by atoms with Gasteiger partial charge in [0, 0.05) is 38.6 Å². The predicted molar refractivity (Wildman–Crippen MR) is 88.8 cm³/mol. The maximum atomic E-state index is 12.1. The smallest absolute Gasteiger partial charge is 0.226 e. The SMILES string of the molecule is CC(C)c1cn2cccc(OCCC(=O)N3CCNCC3)c2n1. The number of carbonyl (C=O) groups is 1. The Labute approximate surface area is 136 Å². The third-order valence-electron chi connectivity index (χ3n) is 4.10. The number of fused-ring (bicyclic) bond motifs is 1. The summed E-state index contributed by atoms with van der Waals surface area (Å²) in [6, 6.07) is 3.84. The monoisotopic (exact) mass is 316 g/mol. The first-order valence-electron chi connectivity index (χ1n) is 8.24. The second-order valence-corrected chi connectivity index (χ2v) is 6.15. The summed E-state index contributed by atoms with van der Waals surface area (Å²) in [5.41, 5.74) is 1.85. The molecule has 1 N–H and O–H groups in total. The Bertz CT molecular complexity index is 674. The number of amides is 1. The number of piperazine rings is 1. The van der Waals surface area contributed by atoms with E-state index in [4.69, 9.17) is 4.74 Å². The Kier molecular flexibility index (Phi) is 4.81. The average molecular weight is 316 g/mol. The number of hydrogen-bond donors (Lipinski definition) is 1. The van der Waals surface area contributed by atoms with Gasteiger partial charge in [-0.25, -0.2) is 4.98 Å². The van der Waals surface area contributed by atoms with Crippen molar-refractivity contribution in [1.82, 2.24) is 19.6 Å². The Hall–Kier alpha value is -2.08. The van der Waals surface area contributed by atoms with Crippen molar-refractivity contribution in [2.24, 2.45) is 0 Å². The van der Waals surface area contributed by atoms with Crippen LogP contribution in [-0.2, 0) is 4.79 Å². The van der Waals surface area contributed by atoms with Crippen LogP contribution in [0.15, 0.2) is 24.5 Å². The van der Waals surface area contributed by atoms with E-state index in [0.29, 0.717) is 18.9 Å². The summed E-state index contributed by atoms with van der Waals surface area (Å²) in [5.74, 6) is 1.26. The molecule has 23 heavy (non-hydrogen) atoms. The maximum Gasteiger partial charge on any atom is 0.226 e. The number of carbonyl (C=O) groups excluding carboxylic acids is 1. The highest BCUT2D eigenvalue weighted by Gasteiger charge is 2.16. The van der Waals surface area contributed by atoms with Crippen molar-refractivity contribution in [1.29, 1.82) is 0 Å². The fourth-order valence-corrected chi connectivity index (χ4v) is 2.72. The van der Waals surface area contributed by atoms with Gasteiger partial charge >= 0.3 is 0 Å². The second kappa shape index (κ2) is 7.00. The Balaban J connectivity index is 1.61. The van der Waals surface area contributed by atoms with Crippen LogP contribution in [0.3, 0.4) is 0 Å². The van der Waals surface area contributed by atoms with Gasteiger partial charge in [-0.3, -0.25) is 4.79 Å². The molecule has 2 aromatic heterocycles. The molecule has 0 atom stereocenters. The molecule has 0 bridgehead atoms. The highest BCUT2D eigenvalue weighted by Crippen LogP contribution is 2.22. The van der Waals surface area contributed by atoms with E-state index in [1.807, 2.05) is 33.8 Å². The molecule has 3 rings (SSSR count). The number of hydrogen-bond acceptors (Lipinski definition) is 4. The van der Waals surface area contributed by atoms with Gasteiger partial charge < -0.3 is 19.4 Å². The van der Waals surface area contributed by atoms with Crippen molar-refractivity contribution in [2.75, 3.05) is 32.8 Å². The van der Waals surface area contributed by atoms with Crippen molar-refractivity contribution in [3.05, 3.63) is 30.2 Å². The van der Waals surface area contributed by atoms with E-state index in [-0.39, 0.29) is 5.91 Å². The van der Waals surface area contributed by atoms with Crippen LogP contribution in [0.5, 0.6) is 5.75 Å². The molecule has 1 amide bonds. The Morgan fingerprint density at radius 1 is 1.39 bits per heavy atom. The molecule has 3 heterocycles. The second-order valence-electron chi connectivity index (χ2n) is 6.15. The lowest BCUT2D eigenvalue weighted by atomic mass is 10.2. The number of aromatic nitrogens is 2. The van der Waals surface area contributed by atoms with Crippen LogP contribution in [0.25, 0.3) is 5.65 Å². The standard InChI is InChI=1S/C17H24N4O2/c1-13(2)14-12-21-8-3-4-15(17(21)19-14)23-11-5-16(22)20-9-6-18-7-10-20/h3-4,8,12-13,18H,5-7,9-11H2,1-2H3. The van der Waals surface area contributed by atoms with E-state index in [2.05, 4.69) is 24.1 Å². The summed E-state index contributed by atoms with van der Waals surface area (Å²) >= 11 is 0. The average Bonchev–Trinajstić information content (AvgIpc) is 3.01. The lowest BCUT2D eigenvalue weighted by Gasteiger charge is -2.27. The van der Waals surface area contributed by atoms with Crippen LogP contribution in [0.2, 0.25) is 0 Å². The number of imidazole rings is 1. The minimum absolute atomic E-state index is 0.157. The van der Waals surface area contributed by atoms with E-state index < -0.39 is 0 Å². The molecule has 0 spiro atoms. The van der Waals surface area contributed by atoms with Crippen molar-refractivity contribution in [2.45, 2.75) is 26.2 Å². The third kappa shape index (κ3) is 3.64. The molecule has 6 heteroatoms. The minimum Gasteiger partial charge on any atom is -0.489 e. The fourth-order valence-electron chi connectivity index (χ4n) is 2.72. The van der Waals surface area contributed by atoms with Crippen LogP contribution in [0.4, 0.5) is 0 Å². The van der Waals surface area contributed by atoms with Crippen LogP contribution in [-0.4, -0.2) is 53.0 Å². The van der Waals surface area contributed by atoms with E-state index >= 15 is 0 Å². The highest BCUT2D eigenvalue weighted by atomic mass is 16.5. The topological polar surface area (TPSA) is 58.9 Å². The molecule has 0 radical (unpaired) electrons. The molecule has 1 aliphatic rings. The quantitative estimate of drug-likeness (QED) is 0.911. The molecular formula is C17H24N4O2. The van der Waals surface area contributed by atoms with Gasteiger partial charge in [0.05, 0.1) is 18.7 Å². The first-order chi connectivity index (χ1) is 11.1. The van der Waals surface area contributed by atoms with Gasteiger partial charge in [-0.2, -0.15) is 0 Å². The van der Waals surface area contributed by atoms with Crippen molar-refractivity contribution in [3.8, 4) is 5.75 Å². The molecule has 0 aromatic carbocycles. The van der Waals surface area contributed by atoms with Crippen LogP contribution in [0, 0.1) is 0 Å². The van der Waals surface area contributed by atoms with Gasteiger partial charge in [0.25, 0.3) is 0 Å². The molecule has 0 saturated carbocycles. The van der Waals surface area contributed by atoms with E-state index in [0.717, 1.165) is 43.3 Å². The van der Waals surface area contributed by atoms with Gasteiger partial charge in [0.2, 0.25) is 5.91 Å². The summed E-state index contributed by atoms with van der Waals surface area (Å²) in [6.45, 7) is 7.93. The first-order valence-corrected chi connectivity index (χ1v) is 8.24. The van der Waals surface area contributed by atoms with E-state index in [1.54, 1.807) is 0 Å². The molecule has 1 aliphatic heterocycles. The molecular weight excluding hydrogens is 292 g/mol. The van der Waals surface area contributed by atoms with Crippen molar-refractivity contribution in [3.63, 3.8) is 0 Å². The molecule has 2 aromatic rings. The Morgan fingerprint density at radius 2 is 2.17 bits per heavy atom. The van der Waals surface area contributed by atoms with E-state index in [9.17, 15) is 4.79 Å².